The molecule has 3 N–H and O–H groups in total. The van der Waals surface area contributed by atoms with E-state index in [1.54, 1.807) is 16.5 Å². The van der Waals surface area contributed by atoms with Gasteiger partial charge >= 0.3 is 0 Å². The SMILES string of the molecule is C=CCC(C(=O)NO)C(CC(C)C)C(=O)N[C@H]1CCCCN(Cc2cccc(Oc3ccccc3)c2)C1=O. The van der Waals surface area contributed by atoms with Crippen molar-refractivity contribution in [2.45, 2.75) is 58.5 Å². The van der Waals surface area contributed by atoms with Crippen molar-refractivity contribution in [1.29, 1.82) is 0 Å². The summed E-state index contributed by atoms with van der Waals surface area (Å²) in [4.78, 5) is 41.1. The lowest BCUT2D eigenvalue weighted by molar-refractivity contribution is -0.142. The monoisotopic (exact) mass is 521 g/mol. The van der Waals surface area contributed by atoms with Crippen molar-refractivity contribution in [2.24, 2.45) is 17.8 Å². The highest BCUT2D eigenvalue weighted by atomic mass is 16.5. The lowest BCUT2D eigenvalue weighted by Crippen LogP contribution is -2.51. The smallest absolute Gasteiger partial charge is 0.247 e. The highest BCUT2D eigenvalue weighted by Gasteiger charge is 2.36. The molecule has 8 nitrogen and oxygen atoms in total. The van der Waals surface area contributed by atoms with Gasteiger partial charge in [0.25, 0.3) is 0 Å². The molecule has 0 radical (unpaired) electrons. The van der Waals surface area contributed by atoms with Gasteiger partial charge in [-0.15, -0.1) is 6.58 Å². The largest absolute Gasteiger partial charge is 0.457 e. The van der Waals surface area contributed by atoms with Gasteiger partial charge in [-0.05, 0) is 67.9 Å². The van der Waals surface area contributed by atoms with Gasteiger partial charge in [0.05, 0.1) is 11.8 Å². The first-order valence-corrected chi connectivity index (χ1v) is 13.3. The number of rotatable bonds is 12. The van der Waals surface area contributed by atoms with Gasteiger partial charge in [-0.25, -0.2) is 5.48 Å². The van der Waals surface area contributed by atoms with Gasteiger partial charge in [-0.2, -0.15) is 0 Å². The molecule has 0 aromatic heterocycles. The number of benzene rings is 2. The van der Waals surface area contributed by atoms with Gasteiger partial charge in [0.15, 0.2) is 0 Å². The highest BCUT2D eigenvalue weighted by molar-refractivity contribution is 5.91. The second-order valence-electron chi connectivity index (χ2n) is 10.2. The Balaban J connectivity index is 1.72. The molecule has 3 rings (SSSR count). The zero-order valence-corrected chi connectivity index (χ0v) is 22.3. The summed E-state index contributed by atoms with van der Waals surface area (Å²) in [5.74, 6) is -1.03. The maximum absolute atomic E-state index is 13.5. The molecule has 38 heavy (non-hydrogen) atoms. The molecule has 0 aliphatic carbocycles. The molecule has 1 aliphatic heterocycles. The van der Waals surface area contributed by atoms with Gasteiger partial charge in [0.2, 0.25) is 17.7 Å². The minimum atomic E-state index is -0.774. The van der Waals surface area contributed by atoms with E-state index in [2.05, 4.69) is 11.9 Å². The zero-order chi connectivity index (χ0) is 27.5. The number of amides is 3. The third-order valence-corrected chi connectivity index (χ3v) is 6.76. The fraction of sp³-hybridized carbons (Fsp3) is 0.433. The Morgan fingerprint density at radius 3 is 2.50 bits per heavy atom. The molecule has 2 aromatic carbocycles. The highest BCUT2D eigenvalue weighted by Crippen LogP contribution is 2.27. The van der Waals surface area contributed by atoms with Crippen LogP contribution in [0.1, 0.15) is 51.5 Å². The number of nitrogens with zero attached hydrogens (tertiary/aromatic N) is 1. The molecule has 0 spiro atoms. The van der Waals surface area contributed by atoms with Crippen molar-refractivity contribution in [3.63, 3.8) is 0 Å². The molecule has 1 heterocycles. The number of allylic oxidation sites excluding steroid dienone is 1. The Bertz CT molecular complexity index is 1090. The Morgan fingerprint density at radius 1 is 1.08 bits per heavy atom. The minimum absolute atomic E-state index is 0.135. The lowest BCUT2D eigenvalue weighted by Gasteiger charge is -2.29. The van der Waals surface area contributed by atoms with E-state index in [1.165, 1.54) is 0 Å². The van der Waals surface area contributed by atoms with E-state index >= 15 is 0 Å². The summed E-state index contributed by atoms with van der Waals surface area (Å²) < 4.78 is 5.94. The maximum atomic E-state index is 13.5. The number of ether oxygens (including phenoxy) is 1. The summed E-state index contributed by atoms with van der Waals surface area (Å²) >= 11 is 0. The Kier molecular flexibility index (Phi) is 10.9. The predicted octanol–water partition coefficient (Wildman–Crippen LogP) is 4.84. The molecule has 1 aliphatic rings. The molecule has 1 fully saturated rings. The van der Waals surface area contributed by atoms with Gasteiger partial charge in [0.1, 0.15) is 17.5 Å². The van der Waals surface area contributed by atoms with Crippen LogP contribution in [-0.2, 0) is 20.9 Å². The van der Waals surface area contributed by atoms with Crippen LogP contribution in [0.2, 0.25) is 0 Å². The van der Waals surface area contributed by atoms with Crippen molar-refractivity contribution < 1.29 is 24.3 Å². The first kappa shape index (κ1) is 28.9. The van der Waals surface area contributed by atoms with Crippen LogP contribution in [0, 0.1) is 17.8 Å². The van der Waals surface area contributed by atoms with Crippen LogP contribution in [0.3, 0.4) is 0 Å². The number of likely N-dealkylation sites (tertiary alicyclic amines) is 1. The molecule has 1 saturated heterocycles. The topological polar surface area (TPSA) is 108 Å². The first-order valence-electron chi connectivity index (χ1n) is 13.3. The lowest BCUT2D eigenvalue weighted by atomic mass is 9.82. The van der Waals surface area contributed by atoms with Crippen LogP contribution in [0.4, 0.5) is 0 Å². The van der Waals surface area contributed by atoms with Crippen LogP contribution in [0.15, 0.2) is 67.3 Å². The van der Waals surface area contributed by atoms with Crippen molar-refractivity contribution >= 4 is 17.7 Å². The number of hydrogen-bond donors (Lipinski definition) is 3. The summed E-state index contributed by atoms with van der Waals surface area (Å²) in [5.41, 5.74) is 2.62. The molecule has 0 bridgehead atoms. The average molecular weight is 522 g/mol. The second kappa shape index (κ2) is 14.3. The van der Waals surface area contributed by atoms with Crippen LogP contribution in [-0.4, -0.2) is 40.4 Å². The van der Waals surface area contributed by atoms with E-state index in [0.717, 1.165) is 24.2 Å². The van der Waals surface area contributed by atoms with E-state index in [4.69, 9.17) is 4.74 Å². The Morgan fingerprint density at radius 2 is 1.82 bits per heavy atom. The van der Waals surface area contributed by atoms with Gasteiger partial charge in [-0.1, -0.05) is 50.3 Å². The fourth-order valence-corrected chi connectivity index (χ4v) is 4.91. The molecule has 8 heteroatoms. The Labute approximate surface area is 225 Å². The third kappa shape index (κ3) is 8.18. The van der Waals surface area contributed by atoms with Crippen molar-refractivity contribution in [3.8, 4) is 11.5 Å². The Hall–Kier alpha value is -3.65. The number of carbonyl (C=O) groups excluding carboxylic acids is 3. The number of carbonyl (C=O) groups is 3. The van der Waals surface area contributed by atoms with Crippen LogP contribution >= 0.6 is 0 Å². The van der Waals surface area contributed by atoms with Gasteiger partial charge in [-0.3, -0.25) is 19.6 Å². The molecule has 0 saturated carbocycles. The van der Waals surface area contributed by atoms with Gasteiger partial charge < -0.3 is 15.0 Å². The van der Waals surface area contributed by atoms with Crippen molar-refractivity contribution in [3.05, 3.63) is 72.8 Å². The van der Waals surface area contributed by atoms with E-state index < -0.39 is 23.8 Å². The maximum Gasteiger partial charge on any atom is 0.247 e. The summed E-state index contributed by atoms with van der Waals surface area (Å²) in [5, 5.41) is 12.2. The third-order valence-electron chi connectivity index (χ3n) is 6.76. The number of nitrogens with one attached hydrogen (secondary N) is 2. The van der Waals surface area contributed by atoms with E-state index in [0.29, 0.717) is 31.7 Å². The summed E-state index contributed by atoms with van der Waals surface area (Å²) in [7, 11) is 0. The standard InChI is InChI=1S/C30H39N3O5/c1-4-11-25(29(35)32-37)26(18-21(2)3)28(34)31-27-16-8-9-17-33(30(27)36)20-22-12-10-15-24(19-22)38-23-13-6-5-7-14-23/h4-7,10,12-15,19,21,25-27,37H,1,8-9,11,16-18,20H2,2-3H3,(H,31,34)(H,32,35)/t25?,26?,27-/m0/s1. The van der Waals surface area contributed by atoms with E-state index in [1.807, 2.05) is 68.4 Å². The molecular weight excluding hydrogens is 482 g/mol. The number of hydroxylamine groups is 1. The molecule has 3 atom stereocenters. The van der Waals surface area contributed by atoms with Crippen LogP contribution < -0.4 is 15.5 Å². The molecule has 3 amide bonds. The predicted molar refractivity (Wildman–Crippen MR) is 145 cm³/mol. The van der Waals surface area contributed by atoms with Gasteiger partial charge in [0, 0.05) is 13.1 Å². The van der Waals surface area contributed by atoms with Crippen molar-refractivity contribution in [1.82, 2.24) is 15.7 Å². The van der Waals surface area contributed by atoms with Crippen LogP contribution in [0.25, 0.3) is 0 Å². The normalized spacial score (nSPS) is 17.3. The molecular formula is C30H39N3O5. The number of para-hydroxylation sites is 1. The summed E-state index contributed by atoms with van der Waals surface area (Å²) in [6.07, 6.45) is 4.41. The minimum Gasteiger partial charge on any atom is -0.457 e. The summed E-state index contributed by atoms with van der Waals surface area (Å²) in [6.45, 7) is 8.63. The van der Waals surface area contributed by atoms with E-state index in [9.17, 15) is 19.6 Å². The number of hydrogen-bond acceptors (Lipinski definition) is 5. The quantitative estimate of drug-likeness (QED) is 0.211. The molecule has 2 unspecified atom stereocenters. The van der Waals surface area contributed by atoms with Crippen LogP contribution in [0.5, 0.6) is 11.5 Å². The average Bonchev–Trinajstić information content (AvgIpc) is 3.07. The molecule has 2 aromatic rings. The fourth-order valence-electron chi connectivity index (χ4n) is 4.91. The second-order valence-corrected chi connectivity index (χ2v) is 10.2. The zero-order valence-electron chi connectivity index (χ0n) is 22.3. The summed E-state index contributed by atoms with van der Waals surface area (Å²) in [6, 6.07) is 16.5. The van der Waals surface area contributed by atoms with Crippen molar-refractivity contribution in [2.75, 3.05) is 6.54 Å². The molecule has 204 valence electrons. The van der Waals surface area contributed by atoms with E-state index in [-0.39, 0.29) is 24.2 Å². The first-order chi connectivity index (χ1) is 18.3.